The smallest absolute Gasteiger partial charge is 0.362 e. The Labute approximate surface area is 179 Å². The van der Waals surface area contributed by atoms with E-state index in [1.165, 1.54) is 6.92 Å². The number of hydrogen-bond donors (Lipinski definition) is 0. The van der Waals surface area contributed by atoms with E-state index < -0.39 is 19.2 Å². The topological polar surface area (TPSA) is 83.8 Å². The molecule has 0 aliphatic carbocycles. The molecule has 7 nitrogen and oxygen atoms in total. The lowest BCUT2D eigenvalue weighted by atomic mass is 10.1. The van der Waals surface area contributed by atoms with Crippen LogP contribution in [0.5, 0.6) is 0 Å². The van der Waals surface area contributed by atoms with Crippen molar-refractivity contribution in [3.8, 4) is 0 Å². The Morgan fingerprint density at radius 2 is 1.72 bits per heavy atom. The summed E-state index contributed by atoms with van der Waals surface area (Å²) < 4.78 is 31.7. The van der Waals surface area contributed by atoms with E-state index in [9.17, 15) is 14.2 Å². The van der Waals surface area contributed by atoms with Gasteiger partial charge in [-0.25, -0.2) is 0 Å². The Bertz CT molecular complexity index is 965. The molecule has 0 atom stereocenters. The van der Waals surface area contributed by atoms with Crippen molar-refractivity contribution < 1.29 is 27.9 Å². The van der Waals surface area contributed by atoms with Crippen LogP contribution >= 0.6 is 23.5 Å². The second kappa shape index (κ2) is 9.13. The molecule has 9 heteroatoms. The number of ether oxygens (including phenoxy) is 1. The van der Waals surface area contributed by atoms with Crippen LogP contribution in [0.3, 0.4) is 0 Å². The molecule has 2 rings (SSSR count). The Morgan fingerprint density at radius 3 is 2.21 bits per heavy atom. The van der Waals surface area contributed by atoms with Crippen molar-refractivity contribution in [2.24, 2.45) is 0 Å². The molecule has 1 heterocycles. The predicted molar refractivity (Wildman–Crippen MR) is 116 cm³/mol. The van der Waals surface area contributed by atoms with Gasteiger partial charge in [-0.05, 0) is 69.6 Å². The molecule has 0 amide bonds. The van der Waals surface area contributed by atoms with Gasteiger partial charge in [0.15, 0.2) is 5.78 Å². The quantitative estimate of drug-likeness (QED) is 0.301. The van der Waals surface area contributed by atoms with Gasteiger partial charge in [-0.2, -0.15) is 0 Å². The highest BCUT2D eigenvalue weighted by Gasteiger charge is 2.31. The molecule has 29 heavy (non-hydrogen) atoms. The van der Waals surface area contributed by atoms with Crippen LogP contribution in [0.1, 0.15) is 51.9 Å². The Balaban J connectivity index is 2.62. The molecule has 1 aromatic heterocycles. The first-order valence-corrected chi connectivity index (χ1v) is 11.7. The molecular weight excluding hydrogens is 461 g/mol. The predicted octanol–water partition coefficient (Wildman–Crippen LogP) is 4.84. The van der Waals surface area contributed by atoms with Gasteiger partial charge in [-0.3, -0.25) is 14.2 Å². The number of nitrogens with zero attached hydrogens (tertiary/aromatic N) is 1. The van der Waals surface area contributed by atoms with Crippen molar-refractivity contribution in [2.75, 3.05) is 13.2 Å². The first-order valence-electron chi connectivity index (χ1n) is 9.36. The maximum atomic E-state index is 13.3. The second-order valence-electron chi connectivity index (χ2n) is 7.47. The van der Waals surface area contributed by atoms with Crippen molar-refractivity contribution >= 4 is 51.5 Å². The van der Waals surface area contributed by atoms with Gasteiger partial charge >= 0.3 is 13.6 Å². The molecule has 0 spiro atoms. The summed E-state index contributed by atoms with van der Waals surface area (Å²) in [6, 6.07) is 3.35. The van der Waals surface area contributed by atoms with Crippen LogP contribution in [0.25, 0.3) is 10.9 Å². The van der Waals surface area contributed by atoms with E-state index in [1.54, 1.807) is 57.5 Å². The van der Waals surface area contributed by atoms with Crippen LogP contribution in [-0.4, -0.2) is 35.1 Å². The van der Waals surface area contributed by atoms with Crippen LogP contribution in [0.15, 0.2) is 22.8 Å². The van der Waals surface area contributed by atoms with Crippen LogP contribution in [0, 0.1) is 0 Å². The minimum atomic E-state index is -3.57. The normalized spacial score (nSPS) is 12.4. The zero-order valence-corrected chi connectivity index (χ0v) is 20.1. The second-order valence-corrected chi connectivity index (χ2v) is 10.3. The van der Waals surface area contributed by atoms with Gasteiger partial charge in [0.2, 0.25) is 0 Å². The summed E-state index contributed by atoms with van der Waals surface area (Å²) in [4.78, 5) is 24.5. The Morgan fingerprint density at radius 1 is 1.14 bits per heavy atom. The molecule has 0 fully saturated rings. The third-order valence-corrected chi connectivity index (χ3v) is 7.06. The van der Waals surface area contributed by atoms with Crippen molar-refractivity contribution in [2.45, 2.75) is 53.7 Å². The van der Waals surface area contributed by atoms with E-state index in [0.29, 0.717) is 26.2 Å². The van der Waals surface area contributed by atoms with Gasteiger partial charge in [-0.1, -0.05) is 0 Å². The summed E-state index contributed by atoms with van der Waals surface area (Å²) in [6.45, 7) is 10.7. The molecule has 0 saturated carbocycles. The van der Waals surface area contributed by atoms with Gasteiger partial charge in [0, 0.05) is 21.6 Å². The molecule has 0 radical (unpaired) electrons. The van der Waals surface area contributed by atoms with Crippen LogP contribution < -0.4 is 5.30 Å². The molecule has 2 aromatic rings. The fourth-order valence-electron chi connectivity index (χ4n) is 2.95. The van der Waals surface area contributed by atoms with Gasteiger partial charge in [-0.15, -0.1) is 0 Å². The summed E-state index contributed by atoms with van der Waals surface area (Å²) in [5, 5.41) is 0.908. The molecule has 1 aromatic carbocycles. The summed E-state index contributed by atoms with van der Waals surface area (Å²) in [5.74, 6) is -0.590. The third-order valence-electron chi connectivity index (χ3n) is 3.94. The summed E-state index contributed by atoms with van der Waals surface area (Å²) >= 11 is 3.44. The van der Waals surface area contributed by atoms with Gasteiger partial charge in [0.1, 0.15) is 12.1 Å². The third kappa shape index (κ3) is 5.57. The number of ketones is 1. The molecule has 0 bridgehead atoms. The summed E-state index contributed by atoms with van der Waals surface area (Å²) in [5.41, 5.74) is 0.437. The maximum Gasteiger partial charge on any atom is 0.362 e. The van der Waals surface area contributed by atoms with E-state index in [2.05, 4.69) is 15.9 Å². The highest BCUT2D eigenvalue weighted by molar-refractivity contribution is 9.10. The SMILES string of the molecule is CCOP(=O)(OCC)c1cc2c(C(C)=O)cn(CC(=O)OC(C)(C)C)c2cc1Br. The first kappa shape index (κ1) is 23.8. The van der Waals surface area contributed by atoms with E-state index in [1.807, 2.05) is 0 Å². The summed E-state index contributed by atoms with van der Waals surface area (Å²) in [7, 11) is -3.57. The van der Waals surface area contributed by atoms with Crippen LogP contribution in [0.2, 0.25) is 0 Å². The minimum absolute atomic E-state index is 0.0541. The largest absolute Gasteiger partial charge is 0.459 e. The monoisotopic (exact) mass is 487 g/mol. The number of aromatic nitrogens is 1. The van der Waals surface area contributed by atoms with Crippen molar-refractivity contribution in [1.82, 2.24) is 4.57 Å². The lowest BCUT2D eigenvalue weighted by molar-refractivity contribution is -0.155. The molecule has 0 aliphatic rings. The number of fused-ring (bicyclic) bond motifs is 1. The fourth-order valence-corrected chi connectivity index (χ4v) is 5.58. The first-order chi connectivity index (χ1) is 13.4. The van der Waals surface area contributed by atoms with Crippen molar-refractivity contribution in [1.29, 1.82) is 0 Å². The van der Waals surface area contributed by atoms with Crippen LogP contribution in [-0.2, 0) is 29.7 Å². The lowest BCUT2D eigenvalue weighted by Gasteiger charge is -2.20. The minimum Gasteiger partial charge on any atom is -0.459 e. The van der Waals surface area contributed by atoms with Gasteiger partial charge in [0.05, 0.1) is 24.0 Å². The van der Waals surface area contributed by atoms with E-state index in [4.69, 9.17) is 13.8 Å². The maximum absolute atomic E-state index is 13.3. The number of esters is 1. The number of Topliss-reactive ketones (excluding diaryl/α,β-unsaturated/α-hetero) is 1. The van der Waals surface area contributed by atoms with E-state index in [-0.39, 0.29) is 25.5 Å². The average Bonchev–Trinajstić information content (AvgIpc) is 2.90. The van der Waals surface area contributed by atoms with E-state index >= 15 is 0 Å². The number of benzene rings is 1. The van der Waals surface area contributed by atoms with Crippen LogP contribution in [0.4, 0.5) is 0 Å². The van der Waals surface area contributed by atoms with Crippen molar-refractivity contribution in [3.63, 3.8) is 0 Å². The highest BCUT2D eigenvalue weighted by Crippen LogP contribution is 2.49. The lowest BCUT2D eigenvalue weighted by Crippen LogP contribution is -2.26. The van der Waals surface area contributed by atoms with E-state index in [0.717, 1.165) is 0 Å². The summed E-state index contributed by atoms with van der Waals surface area (Å²) in [6.07, 6.45) is 1.61. The highest BCUT2D eigenvalue weighted by atomic mass is 79.9. The van der Waals surface area contributed by atoms with Gasteiger partial charge < -0.3 is 18.4 Å². The number of carbonyl (C=O) groups is 2. The van der Waals surface area contributed by atoms with Gasteiger partial charge in [0.25, 0.3) is 0 Å². The number of carbonyl (C=O) groups excluding carboxylic acids is 2. The number of halogens is 1. The number of rotatable bonds is 8. The molecule has 0 N–H and O–H groups in total. The Kier molecular flexibility index (Phi) is 7.49. The number of hydrogen-bond acceptors (Lipinski definition) is 6. The molecule has 160 valence electrons. The zero-order chi connectivity index (χ0) is 22.0. The standard InChI is InChI=1S/C20H27BrNO6P/c1-7-26-29(25,27-8-2)18-9-14-15(13(3)23)11-22(17(14)10-16(18)21)12-19(24)28-20(4,5)6/h9-11H,7-8,12H2,1-6H3. The van der Waals surface area contributed by atoms with Crippen molar-refractivity contribution in [3.05, 3.63) is 28.4 Å². The molecule has 0 aliphatic heterocycles. The average molecular weight is 488 g/mol. The fraction of sp³-hybridized carbons (Fsp3) is 0.500. The Hall–Kier alpha value is -1.47. The molecular formula is C20H27BrNO6P. The zero-order valence-electron chi connectivity index (χ0n) is 17.6. The molecule has 0 unspecified atom stereocenters. The molecule has 0 saturated heterocycles.